The third-order valence-corrected chi connectivity index (χ3v) is 4.68. The van der Waals surface area contributed by atoms with Gasteiger partial charge in [0.25, 0.3) is 0 Å². The number of aromatic nitrogens is 3. The molecule has 1 aliphatic rings. The van der Waals surface area contributed by atoms with Gasteiger partial charge < -0.3 is 18.6 Å². The van der Waals surface area contributed by atoms with Gasteiger partial charge in [-0.2, -0.15) is 4.99 Å². The maximum atomic E-state index is 12.4. The minimum absolute atomic E-state index is 0.205. The van der Waals surface area contributed by atoms with E-state index in [1.54, 1.807) is 24.0 Å². The van der Waals surface area contributed by atoms with Crippen LogP contribution in [0.1, 0.15) is 10.6 Å². The molecule has 1 aliphatic heterocycles. The van der Waals surface area contributed by atoms with Crippen molar-refractivity contribution in [1.82, 2.24) is 14.1 Å². The van der Waals surface area contributed by atoms with Crippen LogP contribution < -0.4 is 14.3 Å². The largest absolute Gasteiger partial charge is 0.454 e. The molecule has 0 spiro atoms. The molecule has 1 aromatic carbocycles. The van der Waals surface area contributed by atoms with E-state index in [0.717, 1.165) is 10.2 Å². The molecule has 0 saturated heterocycles. The van der Waals surface area contributed by atoms with Gasteiger partial charge in [0.05, 0.1) is 16.8 Å². The zero-order valence-corrected chi connectivity index (χ0v) is 13.5. The van der Waals surface area contributed by atoms with Gasteiger partial charge >= 0.3 is 5.91 Å². The molecule has 0 radical (unpaired) electrons. The number of ether oxygens (including phenoxy) is 2. The summed E-state index contributed by atoms with van der Waals surface area (Å²) in [5, 5.41) is 0. The molecule has 3 heterocycles. The highest BCUT2D eigenvalue weighted by molar-refractivity contribution is 7.16. The lowest BCUT2D eigenvalue weighted by molar-refractivity contribution is 0.0985. The first-order chi connectivity index (χ1) is 11.7. The number of benzene rings is 1. The summed E-state index contributed by atoms with van der Waals surface area (Å²) in [7, 11) is 1.75. The number of amides is 1. The Morgan fingerprint density at radius 1 is 1.46 bits per heavy atom. The van der Waals surface area contributed by atoms with Gasteiger partial charge in [-0.3, -0.25) is 4.79 Å². The second-order valence-electron chi connectivity index (χ2n) is 5.13. The summed E-state index contributed by atoms with van der Waals surface area (Å²) in [5.41, 5.74) is 0.855. The Bertz CT molecular complexity index is 1070. The van der Waals surface area contributed by atoms with Crippen LogP contribution in [-0.2, 0) is 13.6 Å². The lowest BCUT2D eigenvalue weighted by Crippen LogP contribution is -2.17. The van der Waals surface area contributed by atoms with Crippen LogP contribution in [0.25, 0.3) is 10.2 Å². The van der Waals surface area contributed by atoms with E-state index in [9.17, 15) is 4.79 Å². The molecule has 0 saturated carbocycles. The lowest BCUT2D eigenvalue weighted by atomic mass is 10.3. The Hall–Kier alpha value is -3.05. The summed E-state index contributed by atoms with van der Waals surface area (Å²) in [6, 6.07) is 3.73. The van der Waals surface area contributed by atoms with Gasteiger partial charge in [-0.15, -0.1) is 6.42 Å². The van der Waals surface area contributed by atoms with Crippen LogP contribution >= 0.6 is 11.3 Å². The summed E-state index contributed by atoms with van der Waals surface area (Å²) in [6.07, 6.45) is 8.73. The molecule has 7 nitrogen and oxygen atoms in total. The van der Waals surface area contributed by atoms with E-state index >= 15 is 0 Å². The van der Waals surface area contributed by atoms with Crippen LogP contribution in [0, 0.1) is 12.3 Å². The third-order valence-electron chi connectivity index (χ3n) is 3.64. The van der Waals surface area contributed by atoms with Crippen LogP contribution in [-0.4, -0.2) is 26.8 Å². The number of thiazole rings is 1. The Morgan fingerprint density at radius 3 is 2.96 bits per heavy atom. The first-order valence-electron chi connectivity index (χ1n) is 7.10. The van der Waals surface area contributed by atoms with Crippen molar-refractivity contribution in [3.05, 3.63) is 35.2 Å². The highest BCUT2D eigenvalue weighted by atomic mass is 32.1. The number of carbonyl (C=O) groups is 1. The summed E-state index contributed by atoms with van der Waals surface area (Å²) < 4.78 is 15.2. The predicted octanol–water partition coefficient (Wildman–Crippen LogP) is 1.54. The van der Waals surface area contributed by atoms with Crippen LogP contribution in [0.3, 0.4) is 0 Å². The molecule has 24 heavy (non-hydrogen) atoms. The Labute approximate surface area is 140 Å². The van der Waals surface area contributed by atoms with Crippen LogP contribution in [0.4, 0.5) is 0 Å². The van der Waals surface area contributed by atoms with Crippen molar-refractivity contribution in [1.29, 1.82) is 0 Å². The van der Waals surface area contributed by atoms with E-state index in [1.807, 2.05) is 16.7 Å². The molecule has 3 aromatic rings. The highest BCUT2D eigenvalue weighted by Gasteiger charge is 2.18. The van der Waals surface area contributed by atoms with Crippen molar-refractivity contribution in [3.63, 3.8) is 0 Å². The Morgan fingerprint density at radius 2 is 2.25 bits per heavy atom. The van der Waals surface area contributed by atoms with Gasteiger partial charge in [0, 0.05) is 31.6 Å². The second-order valence-corrected chi connectivity index (χ2v) is 6.14. The fourth-order valence-electron chi connectivity index (χ4n) is 2.50. The number of aryl methyl sites for hydroxylation is 1. The van der Waals surface area contributed by atoms with Crippen LogP contribution in [0.5, 0.6) is 11.5 Å². The molecule has 0 bridgehead atoms. The van der Waals surface area contributed by atoms with Gasteiger partial charge in [0.15, 0.2) is 16.3 Å². The second kappa shape index (κ2) is 5.54. The first kappa shape index (κ1) is 14.5. The maximum Gasteiger partial charge on any atom is 0.315 e. The van der Waals surface area contributed by atoms with Crippen molar-refractivity contribution >= 4 is 27.5 Å². The highest BCUT2D eigenvalue weighted by Crippen LogP contribution is 2.36. The summed E-state index contributed by atoms with van der Waals surface area (Å²) in [4.78, 5) is 21.1. The Kier molecular flexibility index (Phi) is 3.36. The third kappa shape index (κ3) is 2.26. The Balaban J connectivity index is 1.90. The summed E-state index contributed by atoms with van der Waals surface area (Å²) in [5.74, 6) is 3.79. The van der Waals surface area contributed by atoms with Gasteiger partial charge in [-0.05, 0) is 0 Å². The fourth-order valence-corrected chi connectivity index (χ4v) is 3.54. The van der Waals surface area contributed by atoms with E-state index in [1.165, 1.54) is 11.3 Å². The van der Waals surface area contributed by atoms with Crippen molar-refractivity contribution in [2.45, 2.75) is 6.54 Å². The minimum Gasteiger partial charge on any atom is -0.454 e. The number of carbonyl (C=O) groups excluding carboxylic acids is 1. The normalized spacial score (nSPS) is 13.4. The molecule has 0 unspecified atom stereocenters. The molecule has 120 valence electrons. The topological polar surface area (TPSA) is 70.6 Å². The van der Waals surface area contributed by atoms with Crippen molar-refractivity contribution in [2.75, 3.05) is 6.79 Å². The van der Waals surface area contributed by atoms with E-state index in [2.05, 4.69) is 15.9 Å². The van der Waals surface area contributed by atoms with E-state index in [-0.39, 0.29) is 12.6 Å². The number of rotatable bonds is 2. The number of imidazole rings is 1. The average Bonchev–Trinajstić information content (AvgIpc) is 3.25. The van der Waals surface area contributed by atoms with E-state index < -0.39 is 5.91 Å². The van der Waals surface area contributed by atoms with Gasteiger partial charge in [-0.1, -0.05) is 17.3 Å². The van der Waals surface area contributed by atoms with Crippen LogP contribution in [0.15, 0.2) is 29.5 Å². The molecule has 0 atom stereocenters. The van der Waals surface area contributed by atoms with Gasteiger partial charge in [-0.25, -0.2) is 4.98 Å². The van der Waals surface area contributed by atoms with E-state index in [0.29, 0.717) is 22.8 Å². The van der Waals surface area contributed by atoms with Gasteiger partial charge in [0.1, 0.15) is 0 Å². The smallest absolute Gasteiger partial charge is 0.315 e. The number of hydrogen-bond donors (Lipinski definition) is 0. The summed E-state index contributed by atoms with van der Waals surface area (Å²) in [6.45, 7) is 0.503. The quantitative estimate of drug-likeness (QED) is 0.664. The van der Waals surface area contributed by atoms with E-state index in [4.69, 9.17) is 15.9 Å². The predicted molar refractivity (Wildman–Crippen MR) is 87.9 cm³/mol. The molecular formula is C16H12N4O3S. The standard InChI is InChI=1S/C16H12N4O3S/c1-3-5-20-10-7-11-12(23-9-22-11)8-13(10)24-16(20)18-15(21)14-17-4-6-19(14)2/h1,4,6-8H,5,9H2,2H3. The molecule has 0 aliphatic carbocycles. The lowest BCUT2D eigenvalue weighted by Gasteiger charge is -2.01. The number of terminal acetylenes is 1. The van der Waals surface area contributed by atoms with Crippen molar-refractivity contribution < 1.29 is 14.3 Å². The number of hydrogen-bond acceptors (Lipinski definition) is 5. The average molecular weight is 340 g/mol. The molecule has 4 rings (SSSR count). The maximum absolute atomic E-state index is 12.4. The first-order valence-corrected chi connectivity index (χ1v) is 7.92. The molecule has 0 fully saturated rings. The molecule has 0 N–H and O–H groups in total. The number of fused-ring (bicyclic) bond motifs is 2. The fraction of sp³-hybridized carbons (Fsp3) is 0.188. The molecule has 1 amide bonds. The summed E-state index contributed by atoms with van der Waals surface area (Å²) >= 11 is 1.37. The number of nitrogens with zero attached hydrogens (tertiary/aromatic N) is 4. The molecule has 8 heteroatoms. The SMILES string of the molecule is C#CCn1c(=NC(=O)c2nccn2C)sc2cc3c(cc21)OCO3. The minimum atomic E-state index is -0.417. The van der Waals surface area contributed by atoms with Crippen molar-refractivity contribution in [3.8, 4) is 23.8 Å². The zero-order valence-electron chi connectivity index (χ0n) is 12.7. The van der Waals surface area contributed by atoms with Crippen molar-refractivity contribution in [2.24, 2.45) is 12.0 Å². The zero-order chi connectivity index (χ0) is 16.7. The molecular weight excluding hydrogens is 328 g/mol. The molecule has 2 aromatic heterocycles. The van der Waals surface area contributed by atoms with Gasteiger partial charge in [0.2, 0.25) is 12.6 Å². The van der Waals surface area contributed by atoms with Crippen LogP contribution in [0.2, 0.25) is 0 Å². The monoisotopic (exact) mass is 340 g/mol.